The largest absolute Gasteiger partial charge is 0.321 e. The number of nitrogens with one attached hydrogen (secondary N) is 1. The minimum Gasteiger partial charge on any atom is -0.321 e. The van der Waals surface area contributed by atoms with Crippen molar-refractivity contribution in [3.8, 4) is 0 Å². The smallest absolute Gasteiger partial charge is 0.255 e. The van der Waals surface area contributed by atoms with Crippen LogP contribution in [0.4, 0.5) is 5.69 Å². The molecule has 98 valence electrons. The van der Waals surface area contributed by atoms with Crippen molar-refractivity contribution in [2.75, 3.05) is 5.32 Å². The van der Waals surface area contributed by atoms with Gasteiger partial charge >= 0.3 is 0 Å². The average molecular weight is 386 g/mol. The standard InChI is InChI=1S/C13H10Br2N2O2/c1-17-7-11(2-3-12(17)18)16-13(19)8-4-9(14)6-10(15)5-8/h2-7H,1H3,(H,16,19). The topological polar surface area (TPSA) is 51.1 Å². The predicted octanol–water partition coefficient (Wildman–Crippen LogP) is 3.16. The molecule has 19 heavy (non-hydrogen) atoms. The summed E-state index contributed by atoms with van der Waals surface area (Å²) in [6.45, 7) is 0. The number of aromatic nitrogens is 1. The quantitative estimate of drug-likeness (QED) is 0.863. The first kappa shape index (κ1) is 14.0. The van der Waals surface area contributed by atoms with Gasteiger partial charge in [-0.05, 0) is 24.3 Å². The molecule has 0 saturated carbocycles. The molecule has 0 bridgehead atoms. The minimum absolute atomic E-state index is 0.122. The molecule has 1 heterocycles. The molecule has 0 unspecified atom stereocenters. The normalized spacial score (nSPS) is 10.3. The lowest BCUT2D eigenvalue weighted by molar-refractivity contribution is 0.102. The third-order valence-electron chi connectivity index (χ3n) is 2.47. The van der Waals surface area contributed by atoms with Gasteiger partial charge in [-0.15, -0.1) is 0 Å². The first-order valence-electron chi connectivity index (χ1n) is 5.40. The van der Waals surface area contributed by atoms with Crippen molar-refractivity contribution < 1.29 is 4.79 Å². The molecule has 0 atom stereocenters. The van der Waals surface area contributed by atoms with Crippen molar-refractivity contribution in [2.45, 2.75) is 0 Å². The van der Waals surface area contributed by atoms with Gasteiger partial charge in [-0.2, -0.15) is 0 Å². The Labute approximate surface area is 126 Å². The molecule has 6 heteroatoms. The minimum atomic E-state index is -0.236. The number of carbonyl (C=O) groups excluding carboxylic acids is 1. The number of anilines is 1. The van der Waals surface area contributed by atoms with Crippen LogP contribution in [0.2, 0.25) is 0 Å². The number of halogens is 2. The summed E-state index contributed by atoms with van der Waals surface area (Å²) in [5.41, 5.74) is 0.974. The monoisotopic (exact) mass is 384 g/mol. The molecular weight excluding hydrogens is 376 g/mol. The van der Waals surface area contributed by atoms with Crippen LogP contribution in [0.5, 0.6) is 0 Å². The third-order valence-corrected chi connectivity index (χ3v) is 3.38. The van der Waals surface area contributed by atoms with Gasteiger partial charge < -0.3 is 9.88 Å². The Morgan fingerprint density at radius 1 is 1.16 bits per heavy atom. The van der Waals surface area contributed by atoms with E-state index in [4.69, 9.17) is 0 Å². The maximum atomic E-state index is 12.1. The summed E-state index contributed by atoms with van der Waals surface area (Å²) in [5.74, 6) is -0.236. The summed E-state index contributed by atoms with van der Waals surface area (Å²) in [4.78, 5) is 23.3. The maximum Gasteiger partial charge on any atom is 0.255 e. The van der Waals surface area contributed by atoms with Crippen LogP contribution in [-0.4, -0.2) is 10.5 Å². The zero-order valence-corrected chi connectivity index (χ0v) is 13.2. The fraction of sp³-hybridized carbons (Fsp3) is 0.0769. The molecule has 0 aliphatic heterocycles. The second-order valence-corrected chi connectivity index (χ2v) is 5.81. The van der Waals surface area contributed by atoms with Crippen LogP contribution in [-0.2, 0) is 7.05 Å². The summed E-state index contributed by atoms with van der Waals surface area (Å²) < 4.78 is 3.03. The van der Waals surface area contributed by atoms with E-state index in [0.29, 0.717) is 11.3 Å². The van der Waals surface area contributed by atoms with Crippen molar-refractivity contribution in [2.24, 2.45) is 7.05 Å². The highest BCUT2D eigenvalue weighted by Gasteiger charge is 2.08. The third kappa shape index (κ3) is 3.54. The Morgan fingerprint density at radius 2 is 1.79 bits per heavy atom. The van der Waals surface area contributed by atoms with E-state index in [1.165, 1.54) is 10.6 Å². The molecule has 2 aromatic rings. The number of nitrogens with zero attached hydrogens (tertiary/aromatic N) is 1. The SMILES string of the molecule is Cn1cc(NC(=O)c2cc(Br)cc(Br)c2)ccc1=O. The molecule has 0 saturated heterocycles. The molecule has 0 fully saturated rings. The first-order valence-corrected chi connectivity index (χ1v) is 6.98. The Balaban J connectivity index is 2.25. The number of carbonyl (C=O) groups is 1. The number of hydrogen-bond acceptors (Lipinski definition) is 2. The van der Waals surface area contributed by atoms with Crippen LogP contribution in [0.1, 0.15) is 10.4 Å². The van der Waals surface area contributed by atoms with Crippen molar-refractivity contribution >= 4 is 43.5 Å². The molecule has 0 radical (unpaired) electrons. The summed E-state index contributed by atoms with van der Waals surface area (Å²) in [7, 11) is 1.63. The number of hydrogen-bond donors (Lipinski definition) is 1. The van der Waals surface area contributed by atoms with Gasteiger partial charge in [0.25, 0.3) is 5.91 Å². The van der Waals surface area contributed by atoms with Gasteiger partial charge in [0.05, 0.1) is 5.69 Å². The Kier molecular flexibility index (Phi) is 4.21. The molecule has 1 aromatic heterocycles. The number of benzene rings is 1. The van der Waals surface area contributed by atoms with Gasteiger partial charge in [0.1, 0.15) is 0 Å². The molecule has 4 nitrogen and oxygen atoms in total. The van der Waals surface area contributed by atoms with Gasteiger partial charge in [0, 0.05) is 33.8 Å². The van der Waals surface area contributed by atoms with Crippen molar-refractivity contribution in [1.82, 2.24) is 4.57 Å². The van der Waals surface area contributed by atoms with Gasteiger partial charge in [0.15, 0.2) is 0 Å². The lowest BCUT2D eigenvalue weighted by atomic mass is 10.2. The maximum absolute atomic E-state index is 12.1. The average Bonchev–Trinajstić information content (AvgIpc) is 2.32. The zero-order valence-electron chi connectivity index (χ0n) is 9.98. The highest BCUT2D eigenvalue weighted by Crippen LogP contribution is 2.20. The van der Waals surface area contributed by atoms with E-state index in [2.05, 4.69) is 37.2 Å². The van der Waals surface area contributed by atoms with E-state index in [1.807, 2.05) is 6.07 Å². The van der Waals surface area contributed by atoms with E-state index >= 15 is 0 Å². The van der Waals surface area contributed by atoms with E-state index in [-0.39, 0.29) is 11.5 Å². The Hall–Kier alpha value is -1.40. The number of pyridine rings is 1. The summed E-state index contributed by atoms with van der Waals surface area (Å²) in [6, 6.07) is 8.28. The Bertz CT molecular complexity index is 675. The highest BCUT2D eigenvalue weighted by atomic mass is 79.9. The first-order chi connectivity index (χ1) is 8.95. The lowest BCUT2D eigenvalue weighted by Crippen LogP contribution is -2.18. The fourth-order valence-electron chi connectivity index (χ4n) is 1.56. The lowest BCUT2D eigenvalue weighted by Gasteiger charge is -2.07. The van der Waals surface area contributed by atoms with Gasteiger partial charge in [-0.25, -0.2) is 0 Å². The predicted molar refractivity (Wildman–Crippen MR) is 81.5 cm³/mol. The van der Waals surface area contributed by atoms with Crippen LogP contribution in [0.15, 0.2) is 50.3 Å². The van der Waals surface area contributed by atoms with Crippen molar-refractivity contribution in [3.63, 3.8) is 0 Å². The number of rotatable bonds is 2. The van der Waals surface area contributed by atoms with Gasteiger partial charge in [0.2, 0.25) is 5.56 Å². The molecular formula is C13H10Br2N2O2. The molecule has 2 rings (SSSR count). The molecule has 1 N–H and O–H groups in total. The van der Waals surface area contributed by atoms with Crippen LogP contribution >= 0.6 is 31.9 Å². The molecule has 0 aliphatic rings. The van der Waals surface area contributed by atoms with Crippen LogP contribution < -0.4 is 10.9 Å². The van der Waals surface area contributed by atoms with E-state index < -0.39 is 0 Å². The molecule has 0 aliphatic carbocycles. The van der Waals surface area contributed by atoms with Crippen LogP contribution in [0.3, 0.4) is 0 Å². The van der Waals surface area contributed by atoms with Crippen molar-refractivity contribution in [1.29, 1.82) is 0 Å². The van der Waals surface area contributed by atoms with Gasteiger partial charge in [-0.1, -0.05) is 31.9 Å². The molecule has 1 amide bonds. The highest BCUT2D eigenvalue weighted by molar-refractivity contribution is 9.11. The van der Waals surface area contributed by atoms with E-state index in [9.17, 15) is 9.59 Å². The van der Waals surface area contributed by atoms with Crippen LogP contribution in [0, 0.1) is 0 Å². The summed E-state index contributed by atoms with van der Waals surface area (Å²) in [6.07, 6.45) is 1.58. The number of amides is 1. The fourth-order valence-corrected chi connectivity index (χ4v) is 2.85. The summed E-state index contributed by atoms with van der Waals surface area (Å²) >= 11 is 6.66. The number of aryl methyl sites for hydroxylation is 1. The van der Waals surface area contributed by atoms with Gasteiger partial charge in [-0.3, -0.25) is 9.59 Å². The summed E-state index contributed by atoms with van der Waals surface area (Å²) in [5, 5.41) is 2.74. The second kappa shape index (κ2) is 5.71. The van der Waals surface area contributed by atoms with Crippen molar-refractivity contribution in [3.05, 3.63) is 61.4 Å². The second-order valence-electron chi connectivity index (χ2n) is 3.98. The Morgan fingerprint density at radius 3 is 2.37 bits per heavy atom. The van der Waals surface area contributed by atoms with E-state index in [1.54, 1.807) is 31.4 Å². The van der Waals surface area contributed by atoms with Crippen LogP contribution in [0.25, 0.3) is 0 Å². The molecule has 1 aromatic carbocycles. The van der Waals surface area contributed by atoms with E-state index in [0.717, 1.165) is 8.95 Å². The molecule has 0 spiro atoms. The zero-order chi connectivity index (χ0) is 14.0.